The minimum atomic E-state index is -0.00682. The molecule has 0 saturated carbocycles. The fourth-order valence-electron chi connectivity index (χ4n) is 1.24. The Hall–Kier alpha value is -0.940. The van der Waals surface area contributed by atoms with E-state index in [0.29, 0.717) is 18.0 Å². The molecular weight excluding hydrogens is 240 g/mol. The van der Waals surface area contributed by atoms with Crippen LogP contribution in [-0.4, -0.2) is 17.4 Å². The predicted molar refractivity (Wildman–Crippen MR) is 72.0 cm³/mol. The largest absolute Gasteiger partial charge is 0.393 e. The van der Waals surface area contributed by atoms with Crippen molar-refractivity contribution in [3.05, 3.63) is 21.9 Å². The molecular formula is C11H16N2OS2. The van der Waals surface area contributed by atoms with Crippen molar-refractivity contribution in [2.75, 3.05) is 6.54 Å². The van der Waals surface area contributed by atoms with Gasteiger partial charge in [-0.2, -0.15) is 0 Å². The lowest BCUT2D eigenvalue weighted by molar-refractivity contribution is 0.0957. The first-order chi connectivity index (χ1) is 7.63. The van der Waals surface area contributed by atoms with Gasteiger partial charge >= 0.3 is 0 Å². The molecule has 3 N–H and O–H groups in total. The van der Waals surface area contributed by atoms with Crippen LogP contribution in [0.5, 0.6) is 0 Å². The number of nitrogens with two attached hydrogens (primary N) is 1. The Kier molecular flexibility index (Phi) is 5.42. The van der Waals surface area contributed by atoms with E-state index in [4.69, 9.17) is 18.0 Å². The molecule has 0 bridgehead atoms. The fourth-order valence-corrected chi connectivity index (χ4v) is 2.25. The van der Waals surface area contributed by atoms with Gasteiger partial charge in [0.1, 0.15) is 0 Å². The third-order valence-corrected chi connectivity index (χ3v) is 3.55. The first-order valence-corrected chi connectivity index (χ1v) is 6.51. The van der Waals surface area contributed by atoms with Gasteiger partial charge in [0.2, 0.25) is 0 Å². The summed E-state index contributed by atoms with van der Waals surface area (Å²) < 4.78 is 0. The third-order valence-electron chi connectivity index (χ3n) is 2.12. The molecule has 1 aromatic heterocycles. The topological polar surface area (TPSA) is 55.1 Å². The van der Waals surface area contributed by atoms with E-state index in [2.05, 4.69) is 12.2 Å². The Morgan fingerprint density at radius 3 is 2.88 bits per heavy atom. The van der Waals surface area contributed by atoms with Crippen LogP contribution in [0.25, 0.3) is 0 Å². The molecule has 0 aliphatic rings. The maximum Gasteiger partial charge on any atom is 0.261 e. The second-order valence-electron chi connectivity index (χ2n) is 3.45. The summed E-state index contributed by atoms with van der Waals surface area (Å²) in [6.07, 6.45) is 2.45. The summed E-state index contributed by atoms with van der Waals surface area (Å²) in [5, 5.41) is 2.85. The van der Waals surface area contributed by atoms with Gasteiger partial charge in [0, 0.05) is 11.4 Å². The van der Waals surface area contributed by atoms with Crippen LogP contribution in [0.1, 0.15) is 34.3 Å². The minimum absolute atomic E-state index is 0.00682. The molecule has 5 heteroatoms. The summed E-state index contributed by atoms with van der Waals surface area (Å²) in [6.45, 7) is 2.70. The van der Waals surface area contributed by atoms with E-state index >= 15 is 0 Å². The van der Waals surface area contributed by atoms with Gasteiger partial charge in [0.05, 0.1) is 9.87 Å². The van der Waals surface area contributed by atoms with Crippen molar-refractivity contribution in [3.8, 4) is 0 Å². The van der Waals surface area contributed by atoms with Crippen LogP contribution >= 0.6 is 23.6 Å². The second kappa shape index (κ2) is 6.60. The monoisotopic (exact) mass is 256 g/mol. The number of carbonyl (C=O) groups is 1. The highest BCUT2D eigenvalue weighted by Gasteiger charge is 2.07. The molecule has 0 aliphatic carbocycles. The summed E-state index contributed by atoms with van der Waals surface area (Å²) in [5.41, 5.74) is 5.36. The number of carbonyl (C=O) groups excluding carboxylic acids is 1. The molecule has 1 aromatic rings. The van der Waals surface area contributed by atoms with Crippen LogP contribution in [0.3, 0.4) is 0 Å². The van der Waals surface area contributed by atoms with Gasteiger partial charge in [0.15, 0.2) is 0 Å². The van der Waals surface area contributed by atoms with Crippen molar-refractivity contribution in [1.82, 2.24) is 5.32 Å². The Morgan fingerprint density at radius 1 is 1.56 bits per heavy atom. The average molecular weight is 256 g/mol. The number of aryl methyl sites for hydroxylation is 1. The summed E-state index contributed by atoms with van der Waals surface area (Å²) in [5.74, 6) is -0.00682. The Bertz CT molecular complexity index is 374. The number of rotatable bonds is 6. The number of thiocarbonyl (C=S) groups is 1. The van der Waals surface area contributed by atoms with Crippen molar-refractivity contribution >= 4 is 34.5 Å². The van der Waals surface area contributed by atoms with Crippen molar-refractivity contribution in [1.29, 1.82) is 0 Å². The van der Waals surface area contributed by atoms with Gasteiger partial charge in [-0.05, 0) is 31.4 Å². The van der Waals surface area contributed by atoms with Crippen molar-refractivity contribution in [2.24, 2.45) is 5.73 Å². The maximum absolute atomic E-state index is 11.7. The van der Waals surface area contributed by atoms with Gasteiger partial charge < -0.3 is 11.1 Å². The van der Waals surface area contributed by atoms with Crippen molar-refractivity contribution in [2.45, 2.75) is 26.2 Å². The molecule has 0 aliphatic heterocycles. The Labute approximate surface area is 105 Å². The summed E-state index contributed by atoms with van der Waals surface area (Å²) >= 11 is 6.30. The third kappa shape index (κ3) is 4.28. The number of hydrogen-bond acceptors (Lipinski definition) is 3. The molecule has 16 heavy (non-hydrogen) atoms. The van der Waals surface area contributed by atoms with E-state index in [-0.39, 0.29) is 5.91 Å². The lowest BCUT2D eigenvalue weighted by atomic mass is 10.3. The van der Waals surface area contributed by atoms with E-state index in [1.54, 1.807) is 11.3 Å². The normalized spacial score (nSPS) is 10.1. The molecule has 0 unspecified atom stereocenters. The van der Waals surface area contributed by atoms with E-state index in [0.717, 1.165) is 17.7 Å². The molecule has 0 saturated heterocycles. The molecule has 3 nitrogen and oxygen atoms in total. The van der Waals surface area contributed by atoms with Crippen LogP contribution in [0.4, 0.5) is 0 Å². The highest BCUT2D eigenvalue weighted by Crippen LogP contribution is 2.16. The van der Waals surface area contributed by atoms with Crippen molar-refractivity contribution in [3.63, 3.8) is 0 Å². The maximum atomic E-state index is 11.7. The fraction of sp³-hybridized carbons (Fsp3) is 0.455. The summed E-state index contributed by atoms with van der Waals surface area (Å²) in [6, 6.07) is 3.86. The SMILES string of the molecule is CCc1ccc(C(=O)NCCCC(N)=S)s1. The molecule has 0 atom stereocenters. The van der Waals surface area contributed by atoms with Crippen LogP contribution in [0.15, 0.2) is 12.1 Å². The lowest BCUT2D eigenvalue weighted by Crippen LogP contribution is -2.24. The number of nitrogens with one attached hydrogen (secondary N) is 1. The summed E-state index contributed by atoms with van der Waals surface area (Å²) in [7, 11) is 0. The summed E-state index contributed by atoms with van der Waals surface area (Å²) in [4.78, 5) is 14.2. The zero-order chi connectivity index (χ0) is 12.0. The molecule has 1 amide bonds. The molecule has 0 spiro atoms. The minimum Gasteiger partial charge on any atom is -0.393 e. The van der Waals surface area contributed by atoms with E-state index < -0.39 is 0 Å². The first-order valence-electron chi connectivity index (χ1n) is 5.28. The Balaban J connectivity index is 2.32. The highest BCUT2D eigenvalue weighted by atomic mass is 32.1. The highest BCUT2D eigenvalue weighted by molar-refractivity contribution is 7.80. The number of amides is 1. The van der Waals surface area contributed by atoms with Crippen molar-refractivity contribution < 1.29 is 4.79 Å². The van der Waals surface area contributed by atoms with Crippen LogP contribution in [0.2, 0.25) is 0 Å². The predicted octanol–water partition coefficient (Wildman–Crippen LogP) is 2.11. The molecule has 0 radical (unpaired) electrons. The zero-order valence-corrected chi connectivity index (χ0v) is 10.9. The van der Waals surface area contributed by atoms with E-state index in [1.165, 1.54) is 4.88 Å². The van der Waals surface area contributed by atoms with Gasteiger partial charge in [0.25, 0.3) is 5.91 Å². The van der Waals surface area contributed by atoms with Crippen LogP contribution < -0.4 is 11.1 Å². The Morgan fingerprint density at radius 2 is 2.31 bits per heavy atom. The molecule has 1 heterocycles. The average Bonchev–Trinajstić information content (AvgIpc) is 2.72. The molecule has 1 rings (SSSR count). The number of hydrogen-bond donors (Lipinski definition) is 2. The van der Waals surface area contributed by atoms with E-state index in [9.17, 15) is 4.79 Å². The standard InChI is InChI=1S/C11H16N2OS2/c1-2-8-5-6-9(16-8)11(14)13-7-3-4-10(12)15/h5-6H,2-4,7H2,1H3,(H2,12,15)(H,13,14). The van der Waals surface area contributed by atoms with E-state index in [1.807, 2.05) is 12.1 Å². The van der Waals surface area contributed by atoms with Gasteiger partial charge in [-0.25, -0.2) is 0 Å². The molecule has 88 valence electrons. The second-order valence-corrected chi connectivity index (χ2v) is 5.14. The number of thiophene rings is 1. The zero-order valence-electron chi connectivity index (χ0n) is 9.29. The van der Waals surface area contributed by atoms with Gasteiger partial charge in [-0.1, -0.05) is 19.1 Å². The van der Waals surface area contributed by atoms with Crippen LogP contribution in [0, 0.1) is 0 Å². The molecule has 0 aromatic carbocycles. The smallest absolute Gasteiger partial charge is 0.261 e. The van der Waals surface area contributed by atoms with Gasteiger partial charge in [-0.15, -0.1) is 11.3 Å². The van der Waals surface area contributed by atoms with Gasteiger partial charge in [-0.3, -0.25) is 4.79 Å². The lowest BCUT2D eigenvalue weighted by Gasteiger charge is -2.02. The first kappa shape index (κ1) is 13.1. The molecule has 0 fully saturated rings. The quantitative estimate of drug-likeness (QED) is 0.605. The van der Waals surface area contributed by atoms with Crippen LogP contribution in [-0.2, 0) is 6.42 Å².